The number of hydrogen-bond donors (Lipinski definition) is 0. The molecule has 0 amide bonds. The van der Waals surface area contributed by atoms with Crippen molar-refractivity contribution in [3.63, 3.8) is 0 Å². The van der Waals surface area contributed by atoms with Crippen LogP contribution in [0.25, 0.3) is 69.9 Å². The molecule has 0 unspecified atom stereocenters. The Balaban J connectivity index is 1.23. The second kappa shape index (κ2) is 9.15. The average Bonchev–Trinajstić information content (AvgIpc) is 3.75. The van der Waals surface area contributed by atoms with E-state index in [1.807, 2.05) is 11.3 Å². The number of thiophene rings is 1. The topological polar surface area (TPSA) is 8.17 Å². The van der Waals surface area contributed by atoms with Crippen LogP contribution in [0, 0.1) is 6.92 Å². The Morgan fingerprint density at radius 2 is 1.34 bits per heavy atom. The van der Waals surface area contributed by atoms with Gasteiger partial charge in [0.25, 0.3) is 0 Å². The fourth-order valence-corrected chi connectivity index (χ4v) is 11.0. The van der Waals surface area contributed by atoms with E-state index in [1.165, 1.54) is 109 Å². The molecule has 12 rings (SSSR count). The zero-order valence-corrected chi connectivity index (χ0v) is 28.9. The highest BCUT2D eigenvalue weighted by atomic mass is 32.1. The first kappa shape index (κ1) is 27.3. The van der Waals surface area contributed by atoms with Gasteiger partial charge in [-0.1, -0.05) is 111 Å². The van der Waals surface area contributed by atoms with Gasteiger partial charge in [-0.3, -0.25) is 0 Å². The maximum absolute atomic E-state index is 2.68. The summed E-state index contributed by atoms with van der Waals surface area (Å²) in [5.74, 6) is 0. The third-order valence-corrected chi connectivity index (χ3v) is 13.2. The standard InChI is InChI=1S/C46H31BN2S/c1-26-21-35-34-23-27-11-4-5-12-28(27)24-39(34)49(29-19-20-31-30-13-6-8-16-36(30)46(2,3)37(31)25-29)47-38-17-10-15-33-43(38)48(40(22-26)42(35)47)44-32-14-7-9-18-41(32)50-45(33)44/h4-25H,1-3H3. The third-order valence-electron chi connectivity index (χ3n) is 12.0. The van der Waals surface area contributed by atoms with Gasteiger partial charge in [-0.05, 0) is 98.4 Å². The second-order valence-electron chi connectivity index (χ2n) is 15.0. The molecule has 0 spiro atoms. The Hall–Kier alpha value is -5.58. The van der Waals surface area contributed by atoms with E-state index in [2.05, 4.69) is 164 Å². The summed E-state index contributed by atoms with van der Waals surface area (Å²) in [5.41, 5.74) is 18.7. The maximum atomic E-state index is 2.68. The number of fused-ring (bicyclic) bond motifs is 13. The van der Waals surface area contributed by atoms with Crippen LogP contribution in [-0.4, -0.2) is 11.4 Å². The molecule has 0 bridgehead atoms. The summed E-state index contributed by atoms with van der Waals surface area (Å²) in [7, 11) is 0. The quantitative estimate of drug-likeness (QED) is 0.160. The molecule has 0 atom stereocenters. The van der Waals surface area contributed by atoms with Crippen molar-refractivity contribution in [2.45, 2.75) is 26.2 Å². The smallest absolute Gasteiger partial charge is 0.333 e. The van der Waals surface area contributed by atoms with Crippen molar-refractivity contribution in [1.29, 1.82) is 0 Å². The summed E-state index contributed by atoms with van der Waals surface area (Å²) in [6, 6.07) is 50.8. The fraction of sp³-hybridized carbons (Fsp3) is 0.0870. The average molecular weight is 655 g/mol. The molecule has 0 saturated heterocycles. The molecule has 234 valence electrons. The van der Waals surface area contributed by atoms with E-state index in [9.17, 15) is 0 Å². The van der Waals surface area contributed by atoms with Crippen LogP contribution in [0.15, 0.2) is 133 Å². The van der Waals surface area contributed by atoms with E-state index in [0.29, 0.717) is 0 Å². The molecule has 4 heteroatoms. The summed E-state index contributed by atoms with van der Waals surface area (Å²) in [6.07, 6.45) is 0. The molecule has 0 radical (unpaired) electrons. The van der Waals surface area contributed by atoms with Crippen molar-refractivity contribution in [3.05, 3.63) is 150 Å². The monoisotopic (exact) mass is 654 g/mol. The van der Waals surface area contributed by atoms with Gasteiger partial charge in [-0.15, -0.1) is 11.3 Å². The van der Waals surface area contributed by atoms with Gasteiger partial charge in [0.1, 0.15) is 0 Å². The molecule has 2 aromatic heterocycles. The molecule has 0 fully saturated rings. The molecule has 1 aliphatic carbocycles. The second-order valence-corrected chi connectivity index (χ2v) is 16.0. The van der Waals surface area contributed by atoms with Crippen LogP contribution in [0.5, 0.6) is 0 Å². The lowest BCUT2D eigenvalue weighted by Crippen LogP contribution is -2.60. The zero-order valence-electron chi connectivity index (χ0n) is 28.1. The molecule has 3 aliphatic rings. The van der Waals surface area contributed by atoms with Crippen LogP contribution < -0.4 is 15.7 Å². The van der Waals surface area contributed by atoms with Crippen LogP contribution in [0.2, 0.25) is 0 Å². The number of hydrogen-bond acceptors (Lipinski definition) is 2. The van der Waals surface area contributed by atoms with Gasteiger partial charge in [-0.25, -0.2) is 0 Å². The van der Waals surface area contributed by atoms with Gasteiger partial charge in [-0.2, -0.15) is 0 Å². The lowest BCUT2D eigenvalue weighted by atomic mass is 9.44. The molecular formula is C46H31BN2S. The molecule has 2 aliphatic heterocycles. The van der Waals surface area contributed by atoms with Gasteiger partial charge in [0.2, 0.25) is 0 Å². The summed E-state index contributed by atoms with van der Waals surface area (Å²) in [4.78, 5) is 2.68. The predicted molar refractivity (Wildman–Crippen MR) is 215 cm³/mol. The summed E-state index contributed by atoms with van der Waals surface area (Å²) in [5, 5.41) is 5.23. The highest BCUT2D eigenvalue weighted by Crippen LogP contribution is 2.52. The minimum absolute atomic E-state index is 0.0191. The number of para-hydroxylation sites is 1. The Morgan fingerprint density at radius 1 is 0.580 bits per heavy atom. The van der Waals surface area contributed by atoms with E-state index in [0.717, 1.165) is 0 Å². The molecular weight excluding hydrogens is 623 g/mol. The van der Waals surface area contributed by atoms with Crippen LogP contribution in [0.3, 0.4) is 0 Å². The van der Waals surface area contributed by atoms with Crippen molar-refractivity contribution in [2.24, 2.45) is 0 Å². The Labute approximate surface area is 294 Å². The van der Waals surface area contributed by atoms with Crippen molar-refractivity contribution in [1.82, 2.24) is 4.57 Å². The van der Waals surface area contributed by atoms with Crippen LogP contribution in [0.4, 0.5) is 11.4 Å². The zero-order chi connectivity index (χ0) is 33.0. The molecule has 4 heterocycles. The van der Waals surface area contributed by atoms with Crippen LogP contribution >= 0.6 is 11.3 Å². The lowest BCUT2D eigenvalue weighted by Gasteiger charge is -2.42. The minimum atomic E-state index is -0.0865. The van der Waals surface area contributed by atoms with Crippen LogP contribution in [0.1, 0.15) is 30.5 Å². The molecule has 9 aromatic rings. The van der Waals surface area contributed by atoms with E-state index in [-0.39, 0.29) is 12.3 Å². The van der Waals surface area contributed by atoms with Gasteiger partial charge < -0.3 is 9.38 Å². The number of rotatable bonds is 1. The number of nitrogens with zero attached hydrogens (tertiary/aromatic N) is 2. The SMILES string of the molecule is Cc1cc2c3c(c1)-n1c4c(cccc4c4sc5ccccc5c41)B3N(c1ccc3c(c1)C(C)(C)c1ccccc1-3)c1cc3ccccc3cc1-2. The minimum Gasteiger partial charge on any atom is -0.376 e. The van der Waals surface area contributed by atoms with E-state index < -0.39 is 0 Å². The van der Waals surface area contributed by atoms with Crippen molar-refractivity contribution >= 4 is 82.5 Å². The third kappa shape index (κ3) is 3.22. The molecule has 0 N–H and O–H groups in total. The van der Waals surface area contributed by atoms with Crippen molar-refractivity contribution in [2.75, 3.05) is 4.81 Å². The largest absolute Gasteiger partial charge is 0.376 e. The van der Waals surface area contributed by atoms with Gasteiger partial charge in [0, 0.05) is 43.5 Å². The van der Waals surface area contributed by atoms with Gasteiger partial charge in [0.15, 0.2) is 0 Å². The summed E-state index contributed by atoms with van der Waals surface area (Å²) < 4.78 is 5.34. The van der Waals surface area contributed by atoms with E-state index in [4.69, 9.17) is 0 Å². The summed E-state index contributed by atoms with van der Waals surface area (Å²) >= 11 is 1.93. The fourth-order valence-electron chi connectivity index (χ4n) is 9.81. The Bertz CT molecular complexity index is 3000. The number of benzene rings is 7. The Morgan fingerprint density at radius 3 is 2.24 bits per heavy atom. The first-order chi connectivity index (χ1) is 24.5. The van der Waals surface area contributed by atoms with Crippen molar-refractivity contribution < 1.29 is 0 Å². The highest BCUT2D eigenvalue weighted by Gasteiger charge is 2.45. The highest BCUT2D eigenvalue weighted by molar-refractivity contribution is 7.26. The van der Waals surface area contributed by atoms with Gasteiger partial charge in [0.05, 0.1) is 15.7 Å². The normalized spacial score (nSPS) is 14.8. The molecule has 7 aromatic carbocycles. The van der Waals surface area contributed by atoms with Gasteiger partial charge >= 0.3 is 6.85 Å². The summed E-state index contributed by atoms with van der Waals surface area (Å²) in [6.45, 7) is 7.07. The molecule has 2 nitrogen and oxygen atoms in total. The van der Waals surface area contributed by atoms with Crippen molar-refractivity contribution in [3.8, 4) is 27.9 Å². The van der Waals surface area contributed by atoms with Crippen LogP contribution in [-0.2, 0) is 5.41 Å². The Kier molecular flexibility index (Phi) is 4.99. The molecule has 0 saturated carbocycles. The van der Waals surface area contributed by atoms with E-state index in [1.54, 1.807) is 0 Å². The predicted octanol–water partition coefficient (Wildman–Crippen LogP) is 11.0. The first-order valence-electron chi connectivity index (χ1n) is 17.6. The number of aromatic nitrogens is 1. The first-order valence-corrected chi connectivity index (χ1v) is 18.5. The number of aryl methyl sites for hydroxylation is 1. The number of anilines is 2. The maximum Gasteiger partial charge on any atom is 0.333 e. The molecule has 50 heavy (non-hydrogen) atoms. The van der Waals surface area contributed by atoms with E-state index >= 15 is 0 Å². The lowest BCUT2D eigenvalue weighted by molar-refractivity contribution is 0.660.